The summed E-state index contributed by atoms with van der Waals surface area (Å²) in [6.07, 6.45) is -6.19. The van der Waals surface area contributed by atoms with E-state index in [1.165, 1.54) is 26.1 Å². The molecule has 8 nitrogen and oxygen atoms in total. The van der Waals surface area contributed by atoms with E-state index in [1.807, 2.05) is 0 Å². The van der Waals surface area contributed by atoms with Gasteiger partial charge in [0.25, 0.3) is 0 Å². The Morgan fingerprint density at radius 1 is 0.950 bits per heavy atom. The second-order valence-electron chi connectivity index (χ2n) is 9.20. The van der Waals surface area contributed by atoms with E-state index >= 15 is 0 Å². The van der Waals surface area contributed by atoms with Crippen molar-refractivity contribution in [3.8, 4) is 23.1 Å². The van der Waals surface area contributed by atoms with E-state index in [9.17, 15) is 39.9 Å². The average Bonchev–Trinajstić information content (AvgIpc) is 3.28. The molecule has 210 valence electrons. The third-order valence-electron chi connectivity index (χ3n) is 5.44. The van der Waals surface area contributed by atoms with Crippen LogP contribution in [0.3, 0.4) is 0 Å². The van der Waals surface area contributed by atoms with Gasteiger partial charge in [-0.25, -0.2) is 22.6 Å². The number of aliphatic hydroxyl groups is 1. The number of alkyl halides is 6. The summed E-state index contributed by atoms with van der Waals surface area (Å²) in [6, 6.07) is 5.33. The van der Waals surface area contributed by atoms with Crippen LogP contribution in [-0.2, 0) is 22.4 Å². The van der Waals surface area contributed by atoms with Gasteiger partial charge in [0.1, 0.15) is 4.90 Å². The lowest BCUT2D eigenvalue weighted by Crippen LogP contribution is -2.46. The topological polar surface area (TPSA) is 109 Å². The lowest BCUT2D eigenvalue weighted by Gasteiger charge is -2.23. The van der Waals surface area contributed by atoms with Crippen LogP contribution < -0.4 is 4.72 Å². The Labute approximate surface area is 223 Å². The molecule has 0 bridgehead atoms. The van der Waals surface area contributed by atoms with Gasteiger partial charge in [-0.1, -0.05) is 24.0 Å². The zero-order valence-electron chi connectivity index (χ0n) is 20.6. The number of nitrogens with one attached hydrogen (secondary N) is 1. The minimum atomic E-state index is -4.89. The van der Waals surface area contributed by atoms with E-state index in [0.717, 1.165) is 36.7 Å². The normalized spacial score (nSPS) is 12.8. The smallest absolute Gasteiger partial charge is 0.394 e. The van der Waals surface area contributed by atoms with Gasteiger partial charge in [0.2, 0.25) is 10.0 Å². The van der Waals surface area contributed by atoms with Crippen molar-refractivity contribution in [3.05, 3.63) is 77.4 Å². The summed E-state index contributed by atoms with van der Waals surface area (Å²) in [5, 5.41) is 13.1. The maximum Gasteiger partial charge on any atom is 0.433 e. The van der Waals surface area contributed by atoms with Gasteiger partial charge in [-0.15, -0.1) is 0 Å². The van der Waals surface area contributed by atoms with Crippen molar-refractivity contribution in [3.63, 3.8) is 0 Å². The number of aromatic nitrogens is 4. The molecule has 4 rings (SSSR count). The largest absolute Gasteiger partial charge is 0.433 e. The fourth-order valence-electron chi connectivity index (χ4n) is 3.46. The number of halogens is 6. The number of benzene rings is 1. The first-order valence-electron chi connectivity index (χ1n) is 11.3. The zero-order valence-corrected chi connectivity index (χ0v) is 21.4. The zero-order chi connectivity index (χ0) is 29.5. The van der Waals surface area contributed by atoms with E-state index in [4.69, 9.17) is 0 Å². The summed E-state index contributed by atoms with van der Waals surface area (Å²) < 4.78 is 108. The van der Waals surface area contributed by atoms with Gasteiger partial charge in [-0.2, -0.15) is 31.4 Å². The molecule has 0 saturated heterocycles. The molecule has 0 aliphatic heterocycles. The van der Waals surface area contributed by atoms with Crippen molar-refractivity contribution in [1.82, 2.24) is 24.3 Å². The number of rotatable bonds is 5. The molecule has 0 saturated carbocycles. The first-order chi connectivity index (χ1) is 18.5. The molecule has 0 spiro atoms. The minimum absolute atomic E-state index is 0.00141. The first kappa shape index (κ1) is 29.0. The number of aliphatic hydroxyl groups excluding tert-OH is 1. The van der Waals surface area contributed by atoms with E-state index in [1.54, 1.807) is 0 Å². The van der Waals surface area contributed by atoms with Crippen molar-refractivity contribution in [2.24, 2.45) is 0 Å². The van der Waals surface area contributed by atoms with Crippen molar-refractivity contribution >= 4 is 15.7 Å². The number of fused-ring (bicyclic) bond motifs is 1. The third kappa shape index (κ3) is 6.24. The van der Waals surface area contributed by atoms with Gasteiger partial charge in [-0.05, 0) is 38.1 Å². The van der Waals surface area contributed by atoms with Crippen molar-refractivity contribution in [1.29, 1.82) is 0 Å². The number of pyridine rings is 1. The van der Waals surface area contributed by atoms with Gasteiger partial charge in [-0.3, -0.25) is 4.98 Å². The van der Waals surface area contributed by atoms with Crippen LogP contribution in [0.2, 0.25) is 0 Å². The van der Waals surface area contributed by atoms with Crippen molar-refractivity contribution in [2.45, 2.75) is 36.6 Å². The summed E-state index contributed by atoms with van der Waals surface area (Å²) in [6.45, 7) is 2.46. The summed E-state index contributed by atoms with van der Waals surface area (Å²) in [7, 11) is -4.09. The van der Waals surface area contributed by atoms with Crippen LogP contribution in [-0.4, -0.2) is 45.3 Å². The Morgan fingerprint density at radius 3 is 2.23 bits per heavy atom. The van der Waals surface area contributed by atoms with E-state index < -0.39 is 45.8 Å². The molecule has 4 aromatic rings. The fourth-order valence-corrected chi connectivity index (χ4v) is 4.85. The summed E-state index contributed by atoms with van der Waals surface area (Å²) in [5.74, 6) is 5.22. The molecule has 3 heterocycles. The molecule has 0 amide bonds. The number of hydrogen-bond acceptors (Lipinski definition) is 6. The summed E-state index contributed by atoms with van der Waals surface area (Å²) >= 11 is 0. The highest BCUT2D eigenvalue weighted by Gasteiger charge is 2.36. The van der Waals surface area contributed by atoms with Crippen LogP contribution in [0.5, 0.6) is 0 Å². The highest BCUT2D eigenvalue weighted by molar-refractivity contribution is 7.89. The van der Waals surface area contributed by atoms with Gasteiger partial charge >= 0.3 is 12.4 Å². The van der Waals surface area contributed by atoms with E-state index in [-0.39, 0.29) is 32.9 Å². The van der Waals surface area contributed by atoms with Crippen molar-refractivity contribution < 1.29 is 39.9 Å². The van der Waals surface area contributed by atoms with Crippen LogP contribution in [0.4, 0.5) is 26.3 Å². The first-order valence-corrected chi connectivity index (χ1v) is 12.7. The van der Waals surface area contributed by atoms with E-state index in [2.05, 4.69) is 31.6 Å². The predicted octanol–water partition coefficient (Wildman–Crippen LogP) is 4.28. The quantitative estimate of drug-likeness (QED) is 0.268. The fraction of sp³-hybridized carbons (Fsp3) is 0.240. The molecule has 0 fully saturated rings. The Hall–Kier alpha value is -4.00. The molecule has 0 radical (unpaired) electrons. The molecule has 0 aliphatic carbocycles. The van der Waals surface area contributed by atoms with Gasteiger partial charge in [0, 0.05) is 23.5 Å². The monoisotopic (exact) mass is 583 g/mol. The number of hydrogen-bond donors (Lipinski definition) is 2. The molecular weight excluding hydrogens is 564 g/mol. The third-order valence-corrected chi connectivity index (χ3v) is 7.11. The van der Waals surface area contributed by atoms with Crippen LogP contribution in [0.15, 0.2) is 59.9 Å². The van der Waals surface area contributed by atoms with E-state index in [0.29, 0.717) is 10.6 Å². The Morgan fingerprint density at radius 2 is 1.62 bits per heavy atom. The molecule has 3 aromatic heterocycles. The highest BCUT2D eigenvalue weighted by Crippen LogP contribution is 2.34. The lowest BCUT2D eigenvalue weighted by atomic mass is 10.1. The molecule has 2 N–H and O–H groups in total. The van der Waals surface area contributed by atoms with Crippen molar-refractivity contribution in [2.75, 3.05) is 6.61 Å². The highest BCUT2D eigenvalue weighted by atomic mass is 32.2. The lowest BCUT2D eigenvalue weighted by molar-refractivity contribution is -0.142. The molecule has 0 aliphatic rings. The Bertz CT molecular complexity index is 1740. The summed E-state index contributed by atoms with van der Waals surface area (Å²) in [4.78, 5) is 7.74. The predicted molar refractivity (Wildman–Crippen MR) is 130 cm³/mol. The van der Waals surface area contributed by atoms with Crippen LogP contribution in [0, 0.1) is 11.8 Å². The molecule has 15 heteroatoms. The standard InChI is InChI=1S/C25H19F6N5O3S/c1-23(2,14-37)35-40(38,39)19-9-15(11-32-13-19)3-4-17-12-33-36-21(25(29,30)31)10-20(34-22(17)36)16-5-7-18(8-6-16)24(26,27)28/h5-13,35,37H,14H2,1-2H3. The van der Waals surface area contributed by atoms with Crippen LogP contribution >= 0.6 is 0 Å². The molecular formula is C25H19F6N5O3S. The molecule has 0 atom stereocenters. The maximum atomic E-state index is 13.8. The maximum absolute atomic E-state index is 13.8. The molecule has 1 aromatic carbocycles. The second-order valence-corrected chi connectivity index (χ2v) is 10.9. The number of nitrogens with zero attached hydrogens (tertiary/aromatic N) is 4. The number of sulfonamides is 1. The van der Waals surface area contributed by atoms with Gasteiger partial charge in [0.05, 0.1) is 35.2 Å². The Balaban J connectivity index is 1.77. The SMILES string of the molecule is CC(C)(CO)NS(=O)(=O)c1cncc(C#Cc2cnn3c(C(F)(F)F)cc(-c4ccc(C(F)(F)F)cc4)nc23)c1. The Kier molecular flexibility index (Phi) is 7.39. The van der Waals surface area contributed by atoms with Gasteiger partial charge in [0.15, 0.2) is 11.3 Å². The molecule has 40 heavy (non-hydrogen) atoms. The van der Waals surface area contributed by atoms with Crippen LogP contribution in [0.1, 0.15) is 36.2 Å². The van der Waals surface area contributed by atoms with Crippen LogP contribution in [0.25, 0.3) is 16.9 Å². The minimum Gasteiger partial charge on any atom is -0.394 e. The second kappa shape index (κ2) is 10.2. The van der Waals surface area contributed by atoms with Gasteiger partial charge < -0.3 is 5.11 Å². The summed E-state index contributed by atoms with van der Waals surface area (Å²) in [5.41, 5.74) is -3.91. The average molecular weight is 584 g/mol. The molecule has 0 unspecified atom stereocenters.